The molecule has 0 aliphatic carbocycles. The van der Waals surface area contributed by atoms with Gasteiger partial charge < -0.3 is 5.11 Å². The van der Waals surface area contributed by atoms with Crippen molar-refractivity contribution in [1.82, 2.24) is 14.8 Å². The first-order valence-corrected chi connectivity index (χ1v) is 6.74. The zero-order valence-electron chi connectivity index (χ0n) is 11.6. The smallest absolute Gasteiger partial charge is 0.138 e. The number of hydrogen-bond donors (Lipinski definition) is 1. The Bertz CT molecular complexity index is 505. The normalized spacial score (nSPS) is 14.3. The lowest BCUT2D eigenvalue weighted by atomic mass is 9.93. The highest BCUT2D eigenvalue weighted by Crippen LogP contribution is 2.17. The fourth-order valence-electron chi connectivity index (χ4n) is 2.26. The molecule has 1 aromatic heterocycles. The van der Waals surface area contributed by atoms with Crippen molar-refractivity contribution in [2.24, 2.45) is 0 Å². The number of hydrogen-bond acceptors (Lipinski definition) is 3. The van der Waals surface area contributed by atoms with Gasteiger partial charge in [0.05, 0.1) is 5.60 Å². The van der Waals surface area contributed by atoms with Crippen LogP contribution in [0.4, 0.5) is 0 Å². The van der Waals surface area contributed by atoms with Gasteiger partial charge in [-0.15, -0.1) is 0 Å². The molecule has 0 saturated carbocycles. The molecule has 0 aliphatic heterocycles. The van der Waals surface area contributed by atoms with Crippen molar-refractivity contribution >= 4 is 0 Å². The minimum Gasteiger partial charge on any atom is -0.389 e. The molecule has 0 radical (unpaired) electrons. The van der Waals surface area contributed by atoms with E-state index in [9.17, 15) is 5.11 Å². The topological polar surface area (TPSA) is 50.9 Å². The summed E-state index contributed by atoms with van der Waals surface area (Å²) in [6, 6.07) is 10.0. The van der Waals surface area contributed by atoms with Gasteiger partial charge >= 0.3 is 0 Å². The van der Waals surface area contributed by atoms with E-state index >= 15 is 0 Å². The molecule has 0 spiro atoms. The Morgan fingerprint density at radius 2 is 1.95 bits per heavy atom. The zero-order valence-corrected chi connectivity index (χ0v) is 11.6. The fraction of sp³-hybridized carbons (Fsp3) is 0.467. The van der Waals surface area contributed by atoms with Gasteiger partial charge in [-0.05, 0) is 18.9 Å². The average molecular weight is 259 g/mol. The van der Waals surface area contributed by atoms with Gasteiger partial charge in [-0.3, -0.25) is 4.68 Å². The summed E-state index contributed by atoms with van der Waals surface area (Å²) < 4.78 is 1.87. The molecule has 102 valence electrons. The lowest BCUT2D eigenvalue weighted by Crippen LogP contribution is -2.31. The molecule has 1 atom stereocenters. The predicted octanol–water partition coefficient (Wildman–Crippen LogP) is 2.22. The van der Waals surface area contributed by atoms with Crippen LogP contribution < -0.4 is 0 Å². The molecule has 0 saturated heterocycles. The largest absolute Gasteiger partial charge is 0.389 e. The molecule has 2 rings (SSSR count). The van der Waals surface area contributed by atoms with Gasteiger partial charge in [0, 0.05) is 19.4 Å². The van der Waals surface area contributed by atoms with E-state index in [0.29, 0.717) is 12.8 Å². The molecule has 0 amide bonds. The lowest BCUT2D eigenvalue weighted by Gasteiger charge is -2.23. The summed E-state index contributed by atoms with van der Waals surface area (Å²) in [5, 5.41) is 14.7. The molecule has 1 heterocycles. The SMILES string of the molecule is CCCn1ncnc1CC(C)(O)Cc1ccccc1. The van der Waals surface area contributed by atoms with Crippen LogP contribution in [0.5, 0.6) is 0 Å². The summed E-state index contributed by atoms with van der Waals surface area (Å²) in [5.74, 6) is 0.850. The third-order valence-electron chi connectivity index (χ3n) is 3.10. The molecule has 4 nitrogen and oxygen atoms in total. The fourth-order valence-corrected chi connectivity index (χ4v) is 2.26. The lowest BCUT2D eigenvalue weighted by molar-refractivity contribution is 0.0575. The minimum absolute atomic E-state index is 0.516. The van der Waals surface area contributed by atoms with Crippen molar-refractivity contribution in [3.8, 4) is 0 Å². The van der Waals surface area contributed by atoms with Gasteiger partial charge in [0.15, 0.2) is 0 Å². The molecule has 19 heavy (non-hydrogen) atoms. The Labute approximate surface area is 114 Å². The van der Waals surface area contributed by atoms with Gasteiger partial charge in [0.1, 0.15) is 12.2 Å². The number of aryl methyl sites for hydroxylation is 1. The van der Waals surface area contributed by atoms with Crippen LogP contribution in [0, 0.1) is 0 Å². The average Bonchev–Trinajstić information content (AvgIpc) is 2.77. The molecule has 2 aromatic rings. The van der Waals surface area contributed by atoms with Crippen molar-refractivity contribution in [3.63, 3.8) is 0 Å². The van der Waals surface area contributed by atoms with Gasteiger partial charge in [-0.25, -0.2) is 4.98 Å². The minimum atomic E-state index is -0.806. The van der Waals surface area contributed by atoms with Crippen LogP contribution >= 0.6 is 0 Å². The molecule has 1 N–H and O–H groups in total. The zero-order chi connectivity index (χ0) is 13.7. The van der Waals surface area contributed by atoms with E-state index in [1.165, 1.54) is 0 Å². The Balaban J connectivity index is 2.06. The molecule has 4 heteroatoms. The monoisotopic (exact) mass is 259 g/mol. The van der Waals surface area contributed by atoms with Gasteiger partial charge in [0.25, 0.3) is 0 Å². The van der Waals surface area contributed by atoms with Crippen molar-refractivity contribution in [3.05, 3.63) is 48.0 Å². The molecule has 1 unspecified atom stereocenters. The Hall–Kier alpha value is -1.68. The van der Waals surface area contributed by atoms with E-state index in [1.807, 2.05) is 41.9 Å². The predicted molar refractivity (Wildman–Crippen MR) is 74.8 cm³/mol. The standard InChI is InChI=1S/C15H21N3O/c1-3-9-18-14(16-12-17-18)11-15(2,19)10-13-7-5-4-6-8-13/h4-8,12,19H,3,9-11H2,1-2H3. The molecule has 0 fully saturated rings. The van der Waals surface area contributed by atoms with Gasteiger partial charge in [0.2, 0.25) is 0 Å². The highest BCUT2D eigenvalue weighted by Gasteiger charge is 2.24. The van der Waals surface area contributed by atoms with Gasteiger partial charge in [-0.2, -0.15) is 5.10 Å². The van der Waals surface area contributed by atoms with Crippen LogP contribution in [-0.2, 0) is 19.4 Å². The molecule has 0 aliphatic rings. The van der Waals surface area contributed by atoms with Crippen LogP contribution in [0.2, 0.25) is 0 Å². The van der Waals surface area contributed by atoms with Crippen LogP contribution in [0.15, 0.2) is 36.7 Å². The molecular weight excluding hydrogens is 238 g/mol. The van der Waals surface area contributed by atoms with E-state index < -0.39 is 5.60 Å². The highest BCUT2D eigenvalue weighted by atomic mass is 16.3. The maximum absolute atomic E-state index is 10.6. The summed E-state index contributed by atoms with van der Waals surface area (Å²) in [6.45, 7) is 4.80. The van der Waals surface area contributed by atoms with Crippen molar-refractivity contribution in [1.29, 1.82) is 0 Å². The van der Waals surface area contributed by atoms with E-state index in [-0.39, 0.29) is 0 Å². The van der Waals surface area contributed by atoms with Crippen LogP contribution in [-0.4, -0.2) is 25.5 Å². The molecule has 1 aromatic carbocycles. The van der Waals surface area contributed by atoms with Crippen LogP contribution in [0.3, 0.4) is 0 Å². The summed E-state index contributed by atoms with van der Waals surface area (Å²) in [7, 11) is 0. The molecular formula is C15H21N3O. The third kappa shape index (κ3) is 3.89. The number of rotatable bonds is 6. The molecule has 0 bridgehead atoms. The number of benzene rings is 1. The highest BCUT2D eigenvalue weighted by molar-refractivity contribution is 5.17. The van der Waals surface area contributed by atoms with Crippen LogP contribution in [0.25, 0.3) is 0 Å². The van der Waals surface area contributed by atoms with E-state index in [4.69, 9.17) is 0 Å². The number of aromatic nitrogens is 3. The first-order chi connectivity index (χ1) is 9.11. The summed E-state index contributed by atoms with van der Waals surface area (Å²) in [5.41, 5.74) is 0.328. The van der Waals surface area contributed by atoms with Crippen molar-refractivity contribution in [2.75, 3.05) is 0 Å². The Kier molecular flexibility index (Phi) is 4.32. The van der Waals surface area contributed by atoms with E-state index in [1.54, 1.807) is 6.33 Å². The quantitative estimate of drug-likeness (QED) is 0.865. The van der Waals surface area contributed by atoms with Crippen molar-refractivity contribution in [2.45, 2.75) is 45.3 Å². The summed E-state index contributed by atoms with van der Waals surface area (Å²) >= 11 is 0. The summed E-state index contributed by atoms with van der Waals surface area (Å²) in [4.78, 5) is 4.25. The number of nitrogens with zero attached hydrogens (tertiary/aromatic N) is 3. The second-order valence-electron chi connectivity index (χ2n) is 5.24. The maximum Gasteiger partial charge on any atom is 0.138 e. The Morgan fingerprint density at radius 3 is 2.63 bits per heavy atom. The number of aliphatic hydroxyl groups is 1. The Morgan fingerprint density at radius 1 is 1.21 bits per heavy atom. The summed E-state index contributed by atoms with van der Waals surface area (Å²) in [6.07, 6.45) is 3.70. The second-order valence-corrected chi connectivity index (χ2v) is 5.24. The second kappa shape index (κ2) is 5.97. The van der Waals surface area contributed by atoms with Crippen molar-refractivity contribution < 1.29 is 5.11 Å². The first-order valence-electron chi connectivity index (χ1n) is 6.74. The maximum atomic E-state index is 10.6. The van der Waals surface area contributed by atoms with Crippen LogP contribution in [0.1, 0.15) is 31.7 Å². The third-order valence-corrected chi connectivity index (χ3v) is 3.10. The van der Waals surface area contributed by atoms with Gasteiger partial charge in [-0.1, -0.05) is 37.3 Å². The van der Waals surface area contributed by atoms with E-state index in [2.05, 4.69) is 17.0 Å². The van der Waals surface area contributed by atoms with E-state index in [0.717, 1.165) is 24.4 Å². The first kappa shape index (κ1) is 13.7.